The summed E-state index contributed by atoms with van der Waals surface area (Å²) in [7, 11) is 1.91. The second-order valence-electron chi connectivity index (χ2n) is 4.10. The quantitative estimate of drug-likeness (QED) is 0.657. The zero-order valence-electron chi connectivity index (χ0n) is 9.86. The van der Waals surface area contributed by atoms with Crippen LogP contribution in [0.1, 0.15) is 0 Å². The van der Waals surface area contributed by atoms with Gasteiger partial charge in [-0.1, -0.05) is 34.8 Å². The molecule has 19 heavy (non-hydrogen) atoms. The second-order valence-corrected chi connectivity index (χ2v) is 5.33. The van der Waals surface area contributed by atoms with Crippen LogP contribution in [0.4, 0.5) is 0 Å². The summed E-state index contributed by atoms with van der Waals surface area (Å²) in [5, 5.41) is 1.54. The highest BCUT2D eigenvalue weighted by molar-refractivity contribution is 6.42. The molecule has 3 nitrogen and oxygen atoms in total. The Morgan fingerprint density at radius 2 is 1.79 bits per heavy atom. The molecule has 6 heteroatoms. The molecule has 0 bridgehead atoms. The Morgan fingerprint density at radius 3 is 2.53 bits per heavy atom. The Hall–Kier alpha value is -1.29. The monoisotopic (exact) mass is 311 g/mol. The number of halogens is 3. The van der Waals surface area contributed by atoms with E-state index >= 15 is 0 Å². The van der Waals surface area contributed by atoms with E-state index in [1.807, 2.05) is 17.7 Å². The van der Waals surface area contributed by atoms with Crippen molar-refractivity contribution in [2.45, 2.75) is 0 Å². The summed E-state index contributed by atoms with van der Waals surface area (Å²) < 4.78 is 1.93. The van der Waals surface area contributed by atoms with Crippen molar-refractivity contribution < 1.29 is 0 Å². The van der Waals surface area contributed by atoms with E-state index in [0.29, 0.717) is 15.1 Å². The maximum absolute atomic E-state index is 6.15. The predicted molar refractivity (Wildman–Crippen MR) is 79.0 cm³/mol. The summed E-state index contributed by atoms with van der Waals surface area (Å²) in [6.07, 6.45) is 3.27. The molecule has 0 aliphatic carbocycles. The van der Waals surface area contributed by atoms with Crippen molar-refractivity contribution >= 4 is 45.8 Å². The molecule has 0 saturated carbocycles. The SMILES string of the molecule is Cn1c(-c2ccncc2Cl)nc2cc(Cl)c(Cl)cc21. The van der Waals surface area contributed by atoms with Gasteiger partial charge in [0, 0.05) is 25.0 Å². The first-order valence-electron chi connectivity index (χ1n) is 5.49. The first-order chi connectivity index (χ1) is 9.08. The van der Waals surface area contributed by atoms with Crippen LogP contribution in [-0.4, -0.2) is 14.5 Å². The smallest absolute Gasteiger partial charge is 0.142 e. The number of fused-ring (bicyclic) bond motifs is 1. The van der Waals surface area contributed by atoms with Crippen molar-refractivity contribution in [3.63, 3.8) is 0 Å². The second kappa shape index (κ2) is 4.67. The predicted octanol–water partition coefficient (Wildman–Crippen LogP) is 4.60. The zero-order chi connectivity index (χ0) is 13.6. The van der Waals surface area contributed by atoms with Crippen molar-refractivity contribution in [3.8, 4) is 11.4 Å². The molecule has 0 fully saturated rings. The average molecular weight is 313 g/mol. The maximum Gasteiger partial charge on any atom is 0.142 e. The fourth-order valence-corrected chi connectivity index (χ4v) is 2.50. The summed E-state index contributed by atoms with van der Waals surface area (Å²) >= 11 is 18.2. The topological polar surface area (TPSA) is 30.7 Å². The molecule has 0 spiro atoms. The Balaban J connectivity index is 2.32. The van der Waals surface area contributed by atoms with Crippen LogP contribution in [0.2, 0.25) is 15.1 Å². The average Bonchev–Trinajstić information content (AvgIpc) is 2.68. The van der Waals surface area contributed by atoms with Crippen molar-refractivity contribution in [1.82, 2.24) is 14.5 Å². The summed E-state index contributed by atoms with van der Waals surface area (Å²) in [6.45, 7) is 0. The Kier molecular flexibility index (Phi) is 3.13. The van der Waals surface area contributed by atoms with E-state index in [9.17, 15) is 0 Å². The third kappa shape index (κ3) is 2.08. The molecule has 0 radical (unpaired) electrons. The first-order valence-corrected chi connectivity index (χ1v) is 6.62. The van der Waals surface area contributed by atoms with Gasteiger partial charge in [0.05, 0.1) is 26.1 Å². The molecule has 2 heterocycles. The lowest BCUT2D eigenvalue weighted by Gasteiger charge is -2.04. The lowest BCUT2D eigenvalue weighted by molar-refractivity contribution is 0.958. The van der Waals surface area contributed by atoms with Gasteiger partial charge in [-0.3, -0.25) is 4.98 Å². The van der Waals surface area contributed by atoms with Gasteiger partial charge in [0.1, 0.15) is 5.82 Å². The third-order valence-corrected chi connectivity index (χ3v) is 3.96. The fraction of sp³-hybridized carbons (Fsp3) is 0.0769. The van der Waals surface area contributed by atoms with Crippen LogP contribution < -0.4 is 0 Å². The van der Waals surface area contributed by atoms with Crippen LogP contribution in [0.15, 0.2) is 30.6 Å². The third-order valence-electron chi connectivity index (χ3n) is 2.94. The van der Waals surface area contributed by atoms with Gasteiger partial charge >= 0.3 is 0 Å². The molecule has 1 aromatic carbocycles. The summed E-state index contributed by atoms with van der Waals surface area (Å²) in [4.78, 5) is 8.52. The largest absolute Gasteiger partial charge is 0.327 e. The van der Waals surface area contributed by atoms with Gasteiger partial charge in [-0.2, -0.15) is 0 Å². The molecule has 0 atom stereocenters. The molecule has 0 aliphatic heterocycles. The molecule has 0 amide bonds. The minimum Gasteiger partial charge on any atom is -0.327 e. The first kappa shape index (κ1) is 12.7. The van der Waals surface area contributed by atoms with E-state index < -0.39 is 0 Å². The maximum atomic E-state index is 6.15. The number of aromatic nitrogens is 3. The van der Waals surface area contributed by atoms with Crippen molar-refractivity contribution in [1.29, 1.82) is 0 Å². The Morgan fingerprint density at radius 1 is 1.05 bits per heavy atom. The number of rotatable bonds is 1. The molecule has 0 saturated heterocycles. The van der Waals surface area contributed by atoms with Gasteiger partial charge in [-0.15, -0.1) is 0 Å². The molecule has 3 aromatic rings. The van der Waals surface area contributed by atoms with Crippen LogP contribution >= 0.6 is 34.8 Å². The summed E-state index contributed by atoms with van der Waals surface area (Å²) in [5.41, 5.74) is 2.50. The number of hydrogen-bond donors (Lipinski definition) is 0. The minimum absolute atomic E-state index is 0.486. The summed E-state index contributed by atoms with van der Waals surface area (Å²) in [5.74, 6) is 0.751. The molecule has 0 aliphatic rings. The lowest BCUT2D eigenvalue weighted by Crippen LogP contribution is -1.93. The molecular weight excluding hydrogens is 305 g/mol. The number of pyridine rings is 1. The number of nitrogens with zero attached hydrogens (tertiary/aromatic N) is 3. The minimum atomic E-state index is 0.486. The van der Waals surface area contributed by atoms with Crippen LogP contribution in [0, 0.1) is 0 Å². The van der Waals surface area contributed by atoms with Crippen LogP contribution in [0.5, 0.6) is 0 Å². The van der Waals surface area contributed by atoms with Gasteiger partial charge in [0.2, 0.25) is 0 Å². The molecule has 2 aromatic heterocycles. The van der Waals surface area contributed by atoms with Crippen LogP contribution in [0.3, 0.4) is 0 Å². The summed E-state index contributed by atoms with van der Waals surface area (Å²) in [6, 6.07) is 5.37. The molecular formula is C13H8Cl3N3. The number of imidazole rings is 1. The van der Waals surface area contributed by atoms with Crippen molar-refractivity contribution in [2.75, 3.05) is 0 Å². The van der Waals surface area contributed by atoms with E-state index in [2.05, 4.69) is 9.97 Å². The highest BCUT2D eigenvalue weighted by atomic mass is 35.5. The van der Waals surface area contributed by atoms with E-state index in [-0.39, 0.29) is 0 Å². The highest BCUT2D eigenvalue weighted by Crippen LogP contribution is 2.32. The zero-order valence-corrected chi connectivity index (χ0v) is 12.1. The lowest BCUT2D eigenvalue weighted by atomic mass is 10.2. The number of aryl methyl sites for hydroxylation is 1. The molecule has 96 valence electrons. The Labute approximate surface area is 124 Å². The number of hydrogen-bond acceptors (Lipinski definition) is 2. The van der Waals surface area contributed by atoms with Crippen LogP contribution in [0.25, 0.3) is 22.4 Å². The van der Waals surface area contributed by atoms with Gasteiger partial charge < -0.3 is 4.57 Å². The molecule has 0 N–H and O–H groups in total. The normalized spacial score (nSPS) is 11.2. The molecule has 3 rings (SSSR count). The molecule has 0 unspecified atom stereocenters. The van der Waals surface area contributed by atoms with Crippen molar-refractivity contribution in [3.05, 3.63) is 45.7 Å². The van der Waals surface area contributed by atoms with E-state index in [0.717, 1.165) is 22.4 Å². The Bertz CT molecular complexity index is 780. The van der Waals surface area contributed by atoms with Crippen LogP contribution in [-0.2, 0) is 7.05 Å². The number of benzene rings is 1. The van der Waals surface area contributed by atoms with Gasteiger partial charge in [-0.05, 0) is 18.2 Å². The van der Waals surface area contributed by atoms with E-state index in [1.54, 1.807) is 24.5 Å². The van der Waals surface area contributed by atoms with E-state index in [1.165, 1.54) is 0 Å². The van der Waals surface area contributed by atoms with Crippen molar-refractivity contribution in [2.24, 2.45) is 7.05 Å². The standard InChI is InChI=1S/C13H8Cl3N3/c1-19-12-5-9(15)8(14)4-11(12)18-13(19)7-2-3-17-6-10(7)16/h2-6H,1H3. The van der Waals surface area contributed by atoms with E-state index in [4.69, 9.17) is 34.8 Å². The highest BCUT2D eigenvalue weighted by Gasteiger charge is 2.14. The van der Waals surface area contributed by atoms with Gasteiger partial charge in [-0.25, -0.2) is 4.98 Å². The fourth-order valence-electron chi connectivity index (χ4n) is 1.98. The van der Waals surface area contributed by atoms with Gasteiger partial charge in [0.25, 0.3) is 0 Å². The van der Waals surface area contributed by atoms with Gasteiger partial charge in [0.15, 0.2) is 0 Å².